The van der Waals surface area contributed by atoms with E-state index in [9.17, 15) is 13.6 Å². The highest BCUT2D eigenvalue weighted by Crippen LogP contribution is 2.20. The molecule has 6 heteroatoms. The number of carbonyl (C=O) groups excluding carboxylic acids is 1. The van der Waals surface area contributed by atoms with Gasteiger partial charge in [-0.1, -0.05) is 29.8 Å². The molecule has 0 heterocycles. The van der Waals surface area contributed by atoms with Gasteiger partial charge in [0.05, 0.1) is 5.02 Å². The fourth-order valence-electron chi connectivity index (χ4n) is 1.60. The van der Waals surface area contributed by atoms with E-state index in [2.05, 4.69) is 5.32 Å². The van der Waals surface area contributed by atoms with Crippen LogP contribution in [-0.2, 0) is 11.3 Å². The van der Waals surface area contributed by atoms with Gasteiger partial charge >= 0.3 is 0 Å². The predicted octanol–water partition coefficient (Wildman–Crippen LogP) is 3.31. The number of amides is 1. The van der Waals surface area contributed by atoms with Gasteiger partial charge < -0.3 is 10.1 Å². The van der Waals surface area contributed by atoms with Gasteiger partial charge in [0.25, 0.3) is 5.91 Å². The van der Waals surface area contributed by atoms with Crippen LogP contribution < -0.4 is 10.1 Å². The van der Waals surface area contributed by atoms with Gasteiger partial charge in [-0.2, -0.15) is 0 Å². The summed E-state index contributed by atoms with van der Waals surface area (Å²) in [6.07, 6.45) is 0. The maximum Gasteiger partial charge on any atom is 0.258 e. The van der Waals surface area contributed by atoms with Crippen LogP contribution in [0.25, 0.3) is 0 Å². The third kappa shape index (κ3) is 4.43. The van der Waals surface area contributed by atoms with Crippen molar-refractivity contribution in [2.75, 3.05) is 6.61 Å². The van der Waals surface area contributed by atoms with Gasteiger partial charge in [-0.3, -0.25) is 4.79 Å². The number of ether oxygens (including phenoxy) is 1. The zero-order chi connectivity index (χ0) is 15.2. The minimum absolute atomic E-state index is 0.0685. The first-order valence-electron chi connectivity index (χ1n) is 6.14. The fourth-order valence-corrected chi connectivity index (χ4v) is 1.77. The lowest BCUT2D eigenvalue weighted by Crippen LogP contribution is -2.28. The van der Waals surface area contributed by atoms with E-state index >= 15 is 0 Å². The molecule has 0 radical (unpaired) electrons. The van der Waals surface area contributed by atoms with Gasteiger partial charge in [0.2, 0.25) is 0 Å². The van der Waals surface area contributed by atoms with Gasteiger partial charge in [-0.25, -0.2) is 8.78 Å². The van der Waals surface area contributed by atoms with E-state index < -0.39 is 11.7 Å². The molecule has 2 rings (SSSR count). The Morgan fingerprint density at radius 2 is 1.90 bits per heavy atom. The van der Waals surface area contributed by atoms with Crippen LogP contribution in [0.3, 0.4) is 0 Å². The highest BCUT2D eigenvalue weighted by Gasteiger charge is 2.07. The summed E-state index contributed by atoms with van der Waals surface area (Å²) in [6, 6.07) is 9.94. The minimum atomic E-state index is -0.562. The molecule has 0 aliphatic carbocycles. The second-order valence-corrected chi connectivity index (χ2v) is 4.64. The number of nitrogens with one attached hydrogen (secondary N) is 1. The van der Waals surface area contributed by atoms with Crippen LogP contribution >= 0.6 is 11.6 Å². The van der Waals surface area contributed by atoms with E-state index in [4.69, 9.17) is 16.3 Å². The summed E-state index contributed by atoms with van der Waals surface area (Å²) in [5, 5.41) is 2.44. The Bertz CT molecular complexity index is 649. The van der Waals surface area contributed by atoms with Gasteiger partial charge in [-0.05, 0) is 18.2 Å². The van der Waals surface area contributed by atoms with Gasteiger partial charge in [0.1, 0.15) is 17.4 Å². The van der Waals surface area contributed by atoms with E-state index in [1.54, 1.807) is 18.2 Å². The highest BCUT2D eigenvalue weighted by atomic mass is 35.5. The molecule has 0 saturated heterocycles. The maximum absolute atomic E-state index is 13.3. The number of hydrogen-bond donors (Lipinski definition) is 1. The van der Waals surface area contributed by atoms with Crippen molar-refractivity contribution in [3.8, 4) is 5.75 Å². The van der Waals surface area contributed by atoms with E-state index in [1.807, 2.05) is 0 Å². The lowest BCUT2D eigenvalue weighted by atomic mass is 10.2. The molecule has 3 nitrogen and oxygen atoms in total. The first-order valence-corrected chi connectivity index (χ1v) is 6.52. The second kappa shape index (κ2) is 7.04. The molecule has 0 fully saturated rings. The molecule has 0 aromatic heterocycles. The Labute approximate surface area is 125 Å². The maximum atomic E-state index is 13.3. The van der Waals surface area contributed by atoms with E-state index in [0.717, 1.165) is 6.07 Å². The third-order valence-electron chi connectivity index (χ3n) is 2.69. The van der Waals surface area contributed by atoms with Crippen molar-refractivity contribution in [2.24, 2.45) is 0 Å². The van der Waals surface area contributed by atoms with Crippen molar-refractivity contribution in [3.63, 3.8) is 0 Å². The van der Waals surface area contributed by atoms with Crippen LogP contribution in [0.15, 0.2) is 42.5 Å². The zero-order valence-corrected chi connectivity index (χ0v) is 11.7. The van der Waals surface area contributed by atoms with Crippen LogP contribution in [-0.4, -0.2) is 12.5 Å². The molecule has 21 heavy (non-hydrogen) atoms. The summed E-state index contributed by atoms with van der Waals surface area (Å²) in [5.74, 6) is -1.09. The molecule has 0 aliphatic heterocycles. The summed E-state index contributed by atoms with van der Waals surface area (Å²) >= 11 is 5.59. The number of benzene rings is 2. The molecule has 2 aromatic rings. The molecule has 0 atom stereocenters. The molecule has 0 saturated carbocycles. The Hall–Kier alpha value is -2.14. The van der Waals surface area contributed by atoms with Crippen molar-refractivity contribution in [1.82, 2.24) is 5.32 Å². The lowest BCUT2D eigenvalue weighted by molar-refractivity contribution is -0.123. The SMILES string of the molecule is O=C(COc1ccc(F)c(Cl)c1)NCc1ccccc1F. The van der Waals surface area contributed by atoms with Gasteiger partial charge in [0, 0.05) is 18.2 Å². The third-order valence-corrected chi connectivity index (χ3v) is 2.98. The molecule has 0 unspecified atom stereocenters. The Morgan fingerprint density at radius 3 is 2.62 bits per heavy atom. The van der Waals surface area contributed by atoms with Crippen molar-refractivity contribution < 1.29 is 18.3 Å². The second-order valence-electron chi connectivity index (χ2n) is 4.23. The highest BCUT2D eigenvalue weighted by molar-refractivity contribution is 6.30. The van der Waals surface area contributed by atoms with E-state index in [-0.39, 0.29) is 29.7 Å². The largest absolute Gasteiger partial charge is 0.484 e. The minimum Gasteiger partial charge on any atom is -0.484 e. The summed E-state index contributed by atoms with van der Waals surface area (Å²) in [7, 11) is 0. The van der Waals surface area contributed by atoms with Gasteiger partial charge in [0.15, 0.2) is 6.61 Å². The molecule has 2 aromatic carbocycles. The summed E-state index contributed by atoms with van der Waals surface area (Å²) in [6.45, 7) is -0.199. The molecule has 110 valence electrons. The molecule has 0 bridgehead atoms. The molecule has 0 spiro atoms. The van der Waals surface area contributed by atoms with Crippen molar-refractivity contribution in [2.45, 2.75) is 6.54 Å². The van der Waals surface area contributed by atoms with E-state index in [0.29, 0.717) is 5.56 Å². The number of hydrogen-bond acceptors (Lipinski definition) is 2. The van der Waals surface area contributed by atoms with Gasteiger partial charge in [-0.15, -0.1) is 0 Å². The van der Waals surface area contributed by atoms with Crippen LogP contribution in [0.5, 0.6) is 5.75 Å². The molecule has 0 aliphatic rings. The quantitative estimate of drug-likeness (QED) is 0.920. The van der Waals surface area contributed by atoms with E-state index in [1.165, 1.54) is 18.2 Å². The Balaban J connectivity index is 1.82. The summed E-state index contributed by atoms with van der Waals surface area (Å²) in [5.41, 5.74) is 0.385. The normalized spacial score (nSPS) is 10.2. The molecular weight excluding hydrogens is 300 g/mol. The van der Waals surface area contributed by atoms with Crippen molar-refractivity contribution >= 4 is 17.5 Å². The number of halogens is 3. The Kier molecular flexibility index (Phi) is 5.11. The smallest absolute Gasteiger partial charge is 0.258 e. The van der Waals surface area contributed by atoms with Crippen molar-refractivity contribution in [3.05, 3.63) is 64.7 Å². The van der Waals surface area contributed by atoms with Crippen LogP contribution in [0.4, 0.5) is 8.78 Å². The standard InChI is InChI=1S/C15H12ClF2NO2/c16-12-7-11(5-6-14(12)18)21-9-15(20)19-8-10-3-1-2-4-13(10)17/h1-7H,8-9H2,(H,19,20). The summed E-state index contributed by atoms with van der Waals surface area (Å²) in [4.78, 5) is 11.6. The fraction of sp³-hybridized carbons (Fsp3) is 0.133. The Morgan fingerprint density at radius 1 is 1.14 bits per heavy atom. The van der Waals surface area contributed by atoms with Crippen LogP contribution in [0.2, 0.25) is 5.02 Å². The molecule has 1 amide bonds. The number of carbonyl (C=O) groups is 1. The first kappa shape index (κ1) is 15.3. The van der Waals surface area contributed by atoms with Crippen LogP contribution in [0.1, 0.15) is 5.56 Å². The summed E-state index contributed by atoms with van der Waals surface area (Å²) < 4.78 is 31.4. The lowest BCUT2D eigenvalue weighted by Gasteiger charge is -2.08. The molecule has 1 N–H and O–H groups in total. The number of rotatable bonds is 5. The average Bonchev–Trinajstić information content (AvgIpc) is 2.47. The van der Waals surface area contributed by atoms with Crippen LogP contribution in [0, 0.1) is 11.6 Å². The topological polar surface area (TPSA) is 38.3 Å². The first-order chi connectivity index (χ1) is 10.1. The molecular formula is C15H12ClF2NO2. The zero-order valence-electron chi connectivity index (χ0n) is 10.9. The monoisotopic (exact) mass is 311 g/mol. The predicted molar refractivity (Wildman–Crippen MR) is 75.2 cm³/mol. The van der Waals surface area contributed by atoms with Crippen molar-refractivity contribution in [1.29, 1.82) is 0 Å². The average molecular weight is 312 g/mol.